The molecule has 0 unspecified atom stereocenters. The van der Waals surface area contributed by atoms with E-state index in [-0.39, 0.29) is 39.0 Å². The van der Waals surface area contributed by atoms with Crippen molar-refractivity contribution in [2.45, 2.75) is 6.18 Å². The minimum atomic E-state index is -4.62. The molecule has 0 saturated heterocycles. The number of aliphatic imine (C=N–C) groups is 1. The van der Waals surface area contributed by atoms with Crippen LogP contribution in [0.2, 0.25) is 0 Å². The maximum atomic E-state index is 12.6. The molecule has 16 heavy (non-hydrogen) atoms. The molecule has 0 aliphatic carbocycles. The summed E-state index contributed by atoms with van der Waals surface area (Å²) >= 11 is 0.103. The van der Waals surface area contributed by atoms with E-state index in [2.05, 4.69) is 4.99 Å². The second kappa shape index (κ2) is 4.88. The molecular formula is C9H2F3N2OY. The van der Waals surface area contributed by atoms with Gasteiger partial charge in [0.05, 0.1) is 0 Å². The van der Waals surface area contributed by atoms with Crippen LogP contribution in [0.1, 0.15) is 11.1 Å². The van der Waals surface area contributed by atoms with Gasteiger partial charge in [-0.05, 0) is 0 Å². The maximum absolute atomic E-state index is 12.6. The Labute approximate surface area is 108 Å². The quantitative estimate of drug-likeness (QED) is 0.586. The summed E-state index contributed by atoms with van der Waals surface area (Å²) in [7, 11) is 0. The van der Waals surface area contributed by atoms with Crippen LogP contribution >= 0.6 is 0 Å². The molecule has 78 valence electrons. The van der Waals surface area contributed by atoms with Crippen molar-refractivity contribution in [1.82, 2.24) is 0 Å². The average Bonchev–Trinajstić information content (AvgIpc) is 2.19. The van der Waals surface area contributed by atoms with Gasteiger partial charge in [-0.2, -0.15) is 0 Å². The van der Waals surface area contributed by atoms with Crippen LogP contribution in [-0.4, -0.2) is 6.08 Å². The predicted octanol–water partition coefficient (Wildman–Crippen LogP) is 1.72. The van der Waals surface area contributed by atoms with E-state index in [9.17, 15) is 18.0 Å². The van der Waals surface area contributed by atoms with Gasteiger partial charge in [0.25, 0.3) is 0 Å². The van der Waals surface area contributed by atoms with Gasteiger partial charge in [-0.1, -0.05) is 0 Å². The van der Waals surface area contributed by atoms with Crippen LogP contribution in [0, 0.1) is 11.3 Å². The van der Waals surface area contributed by atoms with Crippen molar-refractivity contribution in [3.63, 3.8) is 0 Å². The molecule has 0 aliphatic rings. The molecule has 7 heteroatoms. The molecule has 0 fully saturated rings. The molecule has 0 amide bonds. The first-order chi connectivity index (χ1) is 7.41. The van der Waals surface area contributed by atoms with Gasteiger partial charge in [0.15, 0.2) is 0 Å². The van der Waals surface area contributed by atoms with Crippen molar-refractivity contribution in [2.75, 3.05) is 0 Å². The second-order valence-corrected chi connectivity index (χ2v) is 4.15. The molecule has 1 rings (SSSR count). The summed E-state index contributed by atoms with van der Waals surface area (Å²) in [4.78, 5) is 13.2. The van der Waals surface area contributed by atoms with E-state index >= 15 is 0 Å². The Morgan fingerprint density at radius 3 is 2.44 bits per heavy atom. The van der Waals surface area contributed by atoms with Crippen LogP contribution in [0.4, 0.5) is 18.9 Å². The SMILES string of the molecule is N#Cc1ccc(N=C=O)[c]([Y])c1C(F)(F)F. The fourth-order valence-corrected chi connectivity index (χ4v) is 2.33. The summed E-state index contributed by atoms with van der Waals surface area (Å²) in [5.74, 6) is 0. The van der Waals surface area contributed by atoms with Gasteiger partial charge < -0.3 is 0 Å². The number of hydrogen-bond donors (Lipinski definition) is 0. The summed E-state index contributed by atoms with van der Waals surface area (Å²) in [6, 6.07) is 3.68. The fourth-order valence-electron chi connectivity index (χ4n) is 1.15. The van der Waals surface area contributed by atoms with Crippen molar-refractivity contribution in [3.05, 3.63) is 23.3 Å². The van der Waals surface area contributed by atoms with Gasteiger partial charge in [0, 0.05) is 0 Å². The van der Waals surface area contributed by atoms with Crippen molar-refractivity contribution in [1.29, 1.82) is 5.26 Å². The summed E-state index contributed by atoms with van der Waals surface area (Å²) in [5, 5.41) is 8.58. The molecular weight excluding hydrogens is 298 g/mol. The van der Waals surface area contributed by atoms with E-state index < -0.39 is 17.3 Å². The Hall–Kier alpha value is -1.02. The Balaban J connectivity index is 3.61. The van der Waals surface area contributed by atoms with E-state index in [4.69, 9.17) is 5.26 Å². The molecule has 0 atom stereocenters. The molecule has 0 saturated carbocycles. The topological polar surface area (TPSA) is 53.2 Å². The van der Waals surface area contributed by atoms with Crippen LogP contribution in [0.15, 0.2) is 17.1 Å². The zero-order valence-corrected chi connectivity index (χ0v) is 10.5. The van der Waals surface area contributed by atoms with Crippen LogP contribution in [0.5, 0.6) is 0 Å². The van der Waals surface area contributed by atoms with Crippen LogP contribution < -0.4 is 2.37 Å². The first-order valence-electron chi connectivity index (χ1n) is 3.89. The molecule has 3 nitrogen and oxygen atoms in total. The Morgan fingerprint density at radius 1 is 1.38 bits per heavy atom. The molecule has 1 aromatic rings. The van der Waals surface area contributed by atoms with E-state index in [1.165, 1.54) is 18.2 Å². The van der Waals surface area contributed by atoms with Crippen molar-refractivity contribution in [2.24, 2.45) is 4.99 Å². The Kier molecular flexibility index (Phi) is 3.98. The summed E-state index contributed by atoms with van der Waals surface area (Å²) in [6.45, 7) is 0. The zero-order chi connectivity index (χ0) is 12.3. The number of carbonyl (C=O) groups excluding carboxylic acids is 1. The van der Waals surface area contributed by atoms with Crippen LogP contribution in [0.3, 0.4) is 0 Å². The number of hydrogen-bond acceptors (Lipinski definition) is 3. The third-order valence-electron chi connectivity index (χ3n) is 1.79. The van der Waals surface area contributed by atoms with Crippen LogP contribution in [-0.2, 0) is 41.9 Å². The molecule has 0 spiro atoms. The number of rotatable bonds is 1. The van der Waals surface area contributed by atoms with Gasteiger partial charge in [0.1, 0.15) is 0 Å². The molecule has 1 aromatic carbocycles. The molecule has 0 aliphatic heterocycles. The van der Waals surface area contributed by atoms with E-state index in [1.807, 2.05) is 0 Å². The monoisotopic (exact) mass is 300 g/mol. The van der Waals surface area contributed by atoms with Gasteiger partial charge in [-0.3, -0.25) is 0 Å². The molecule has 0 heterocycles. The summed E-state index contributed by atoms with van der Waals surface area (Å²) < 4.78 is 37.8. The van der Waals surface area contributed by atoms with E-state index in [0.29, 0.717) is 0 Å². The third kappa shape index (κ3) is 2.56. The number of nitriles is 1. The number of isocyanates is 1. The standard InChI is InChI=1S/C9H2F3N2O.Y/c10-9(11,12)8-3-7(14-5-15)2-1-6(8)4-13;/h1-2H;. The molecule has 0 aromatic heterocycles. The Morgan fingerprint density at radius 2 is 2.00 bits per heavy atom. The number of nitrogens with zero attached hydrogens (tertiary/aromatic N) is 2. The van der Waals surface area contributed by atoms with Gasteiger partial charge in [-0.25, -0.2) is 0 Å². The fraction of sp³-hybridized carbons (Fsp3) is 0.111. The number of benzene rings is 1. The van der Waals surface area contributed by atoms with E-state index in [0.717, 1.165) is 6.07 Å². The number of halogens is 3. The summed E-state index contributed by atoms with van der Waals surface area (Å²) in [6.07, 6.45) is -3.43. The van der Waals surface area contributed by atoms with Gasteiger partial charge >= 0.3 is 109 Å². The zero-order valence-electron chi connectivity index (χ0n) is 7.67. The molecule has 0 N–H and O–H groups in total. The van der Waals surface area contributed by atoms with E-state index in [1.54, 1.807) is 0 Å². The summed E-state index contributed by atoms with van der Waals surface area (Å²) in [5.41, 5.74) is -1.54. The van der Waals surface area contributed by atoms with Gasteiger partial charge in [0.2, 0.25) is 0 Å². The first kappa shape index (κ1) is 13.1. The number of alkyl halides is 3. The van der Waals surface area contributed by atoms with Gasteiger partial charge in [-0.15, -0.1) is 0 Å². The third-order valence-corrected chi connectivity index (χ3v) is 3.23. The average molecular weight is 300 g/mol. The van der Waals surface area contributed by atoms with Crippen molar-refractivity contribution >= 4 is 14.1 Å². The Bertz CT molecular complexity index is 513. The predicted molar refractivity (Wildman–Crippen MR) is 43.6 cm³/mol. The second-order valence-electron chi connectivity index (χ2n) is 2.73. The molecule has 0 bridgehead atoms. The molecule has 0 radical (unpaired) electrons. The minimum absolute atomic E-state index is 0.0799. The first-order valence-corrected chi connectivity index (χ1v) is 5.31. The normalized spacial score (nSPS) is 10.3. The van der Waals surface area contributed by atoms with Crippen LogP contribution in [0.25, 0.3) is 0 Å². The van der Waals surface area contributed by atoms with Crippen molar-refractivity contribution in [3.8, 4) is 6.07 Å². The van der Waals surface area contributed by atoms with Crippen molar-refractivity contribution < 1.29 is 48.9 Å².